The Balaban J connectivity index is 0.000000561. The van der Waals surface area contributed by atoms with Crippen LogP contribution in [0, 0.1) is 6.92 Å². The van der Waals surface area contributed by atoms with Crippen LogP contribution in [0.15, 0.2) is 23.2 Å². The van der Waals surface area contributed by atoms with Gasteiger partial charge in [0.05, 0.1) is 5.69 Å². The summed E-state index contributed by atoms with van der Waals surface area (Å²) in [6.07, 6.45) is 1.80. The van der Waals surface area contributed by atoms with Gasteiger partial charge in [0, 0.05) is 11.1 Å². The van der Waals surface area contributed by atoms with Crippen LogP contribution in [0.1, 0.15) is 19.5 Å². The molecule has 1 aromatic rings. The van der Waals surface area contributed by atoms with E-state index in [1.807, 2.05) is 40.0 Å². The molecule has 0 atom stereocenters. The lowest BCUT2D eigenvalue weighted by Gasteiger charge is -2.00. The molecule has 1 rings (SSSR count). The highest BCUT2D eigenvalue weighted by atomic mass is 32.2. The summed E-state index contributed by atoms with van der Waals surface area (Å²) in [5, 5.41) is 0. The minimum Gasteiger partial charge on any atom is -0.263 e. The Labute approximate surface area is 78.9 Å². The second kappa shape index (κ2) is 7.13. The molecule has 3 heteroatoms. The summed E-state index contributed by atoms with van der Waals surface area (Å²) in [4.78, 5) is 5.32. The van der Waals surface area contributed by atoms with Gasteiger partial charge >= 0.3 is 0 Å². The van der Waals surface area contributed by atoms with E-state index < -0.39 is 0 Å². The Hall–Kier alpha value is -0.540. The van der Waals surface area contributed by atoms with E-state index in [0.717, 1.165) is 5.69 Å². The van der Waals surface area contributed by atoms with Gasteiger partial charge in [0.1, 0.15) is 0 Å². The van der Waals surface area contributed by atoms with Gasteiger partial charge in [0.25, 0.3) is 0 Å². The van der Waals surface area contributed by atoms with Crippen molar-refractivity contribution in [3.8, 4) is 0 Å². The molecule has 0 saturated carbocycles. The number of hydrogen-bond donors (Lipinski definition) is 1. The van der Waals surface area contributed by atoms with E-state index in [1.54, 1.807) is 18.1 Å². The average Bonchev–Trinajstić information content (AvgIpc) is 2.13. The fourth-order valence-corrected chi connectivity index (χ4v) is 1.25. The van der Waals surface area contributed by atoms with E-state index in [1.165, 1.54) is 4.90 Å². The lowest BCUT2D eigenvalue weighted by atomic mass is 10.4. The van der Waals surface area contributed by atoms with Crippen LogP contribution < -0.4 is 4.72 Å². The quantitative estimate of drug-likeness (QED) is 0.715. The van der Waals surface area contributed by atoms with E-state index in [4.69, 9.17) is 0 Å². The fourth-order valence-electron chi connectivity index (χ4n) is 0.687. The highest BCUT2D eigenvalue weighted by Crippen LogP contribution is 2.15. The molecule has 0 amide bonds. The first-order chi connectivity index (χ1) is 5.84. The monoisotopic (exact) mass is 184 g/mol. The third-order valence-corrected chi connectivity index (χ3v) is 2.03. The Kier molecular flexibility index (Phi) is 6.81. The van der Waals surface area contributed by atoms with Crippen LogP contribution in [-0.4, -0.2) is 12.0 Å². The lowest BCUT2D eigenvalue weighted by Crippen LogP contribution is -1.93. The van der Waals surface area contributed by atoms with E-state index in [0.29, 0.717) is 0 Å². The van der Waals surface area contributed by atoms with E-state index in [-0.39, 0.29) is 0 Å². The van der Waals surface area contributed by atoms with Gasteiger partial charge in [-0.25, -0.2) is 0 Å². The number of pyridine rings is 1. The molecule has 0 radical (unpaired) electrons. The molecule has 0 fully saturated rings. The predicted octanol–water partition coefficient (Wildman–Crippen LogP) is 2.64. The lowest BCUT2D eigenvalue weighted by molar-refractivity contribution is 1.11. The number of nitrogens with one attached hydrogen (secondary N) is 1. The average molecular weight is 184 g/mol. The van der Waals surface area contributed by atoms with E-state index in [9.17, 15) is 0 Å². The molecular weight excluding hydrogens is 168 g/mol. The van der Waals surface area contributed by atoms with Crippen molar-refractivity contribution in [2.24, 2.45) is 0 Å². The molecule has 0 aliphatic rings. The minimum absolute atomic E-state index is 1.07. The number of aromatic nitrogens is 1. The van der Waals surface area contributed by atoms with Gasteiger partial charge in [-0.15, -0.1) is 0 Å². The van der Waals surface area contributed by atoms with Crippen molar-refractivity contribution in [3.63, 3.8) is 0 Å². The number of nitrogens with zero attached hydrogens (tertiary/aromatic N) is 1. The summed E-state index contributed by atoms with van der Waals surface area (Å²) < 4.78 is 3.00. The van der Waals surface area contributed by atoms with Gasteiger partial charge in [0.2, 0.25) is 0 Å². The van der Waals surface area contributed by atoms with Crippen LogP contribution in [0.3, 0.4) is 0 Å². The molecule has 0 aliphatic heterocycles. The zero-order valence-corrected chi connectivity index (χ0v) is 8.90. The molecule has 0 aromatic carbocycles. The van der Waals surface area contributed by atoms with Crippen molar-refractivity contribution in [1.82, 2.24) is 9.71 Å². The summed E-state index contributed by atoms with van der Waals surface area (Å²) in [6, 6.07) is 3.98. The van der Waals surface area contributed by atoms with Crippen molar-refractivity contribution in [2.45, 2.75) is 25.7 Å². The summed E-state index contributed by atoms with van der Waals surface area (Å²) in [5.74, 6) is 0. The van der Waals surface area contributed by atoms with Gasteiger partial charge in [-0.2, -0.15) is 0 Å². The summed E-state index contributed by atoms with van der Waals surface area (Å²) in [6.45, 7) is 6.00. The van der Waals surface area contributed by atoms with Crippen molar-refractivity contribution < 1.29 is 0 Å². The summed E-state index contributed by atoms with van der Waals surface area (Å²) in [7, 11) is 1.90. The number of hydrogen-bond acceptors (Lipinski definition) is 3. The van der Waals surface area contributed by atoms with Crippen molar-refractivity contribution in [3.05, 3.63) is 24.0 Å². The molecule has 1 aromatic heterocycles. The summed E-state index contributed by atoms with van der Waals surface area (Å²) in [5.41, 5.74) is 1.07. The maximum absolute atomic E-state index is 4.14. The highest BCUT2D eigenvalue weighted by Gasteiger charge is 1.94. The van der Waals surface area contributed by atoms with Gasteiger partial charge in [-0.1, -0.05) is 13.8 Å². The van der Waals surface area contributed by atoms with E-state index >= 15 is 0 Å². The maximum atomic E-state index is 4.14. The molecule has 0 aliphatic carbocycles. The molecule has 68 valence electrons. The third kappa shape index (κ3) is 3.74. The predicted molar refractivity (Wildman–Crippen MR) is 55.2 cm³/mol. The zero-order valence-electron chi connectivity index (χ0n) is 8.09. The van der Waals surface area contributed by atoms with Crippen LogP contribution in [0.5, 0.6) is 0 Å². The Morgan fingerprint density at radius 2 is 2.08 bits per heavy atom. The minimum atomic E-state index is 1.07. The van der Waals surface area contributed by atoms with Crippen molar-refractivity contribution >= 4 is 11.9 Å². The molecule has 0 spiro atoms. The highest BCUT2D eigenvalue weighted by molar-refractivity contribution is 7.97. The third-order valence-electron chi connectivity index (χ3n) is 1.17. The first kappa shape index (κ1) is 11.5. The SMILES string of the molecule is CC.CNSc1cccnc1C. The molecule has 0 unspecified atom stereocenters. The van der Waals surface area contributed by atoms with Gasteiger partial charge in [0.15, 0.2) is 0 Å². The molecule has 2 nitrogen and oxygen atoms in total. The smallest absolute Gasteiger partial charge is 0.0521 e. The molecule has 1 heterocycles. The first-order valence-electron chi connectivity index (χ1n) is 4.10. The van der Waals surface area contributed by atoms with Crippen LogP contribution >= 0.6 is 11.9 Å². The summed E-state index contributed by atoms with van der Waals surface area (Å²) >= 11 is 1.59. The Bertz CT molecular complexity index is 213. The van der Waals surface area contributed by atoms with Gasteiger partial charge in [-0.05, 0) is 38.1 Å². The second-order valence-corrected chi connectivity index (χ2v) is 2.95. The van der Waals surface area contributed by atoms with Crippen molar-refractivity contribution in [2.75, 3.05) is 7.05 Å². The molecule has 1 N–H and O–H groups in total. The van der Waals surface area contributed by atoms with Crippen molar-refractivity contribution in [1.29, 1.82) is 0 Å². The topological polar surface area (TPSA) is 24.9 Å². The van der Waals surface area contributed by atoms with Crippen LogP contribution in [0.4, 0.5) is 0 Å². The van der Waals surface area contributed by atoms with E-state index in [2.05, 4.69) is 9.71 Å². The first-order valence-corrected chi connectivity index (χ1v) is 4.91. The van der Waals surface area contributed by atoms with Crippen LogP contribution in [0.25, 0.3) is 0 Å². The Morgan fingerprint density at radius 3 is 2.58 bits per heavy atom. The van der Waals surface area contributed by atoms with Gasteiger partial charge in [-0.3, -0.25) is 9.71 Å². The zero-order chi connectivity index (χ0) is 9.40. The molecule has 0 saturated heterocycles. The number of rotatable bonds is 2. The normalized spacial score (nSPS) is 8.67. The van der Waals surface area contributed by atoms with Crippen LogP contribution in [-0.2, 0) is 0 Å². The molecule has 12 heavy (non-hydrogen) atoms. The largest absolute Gasteiger partial charge is 0.263 e. The number of aryl methyl sites for hydroxylation is 1. The fraction of sp³-hybridized carbons (Fsp3) is 0.444. The standard InChI is InChI=1S/C7H10N2S.C2H6/c1-6-7(10-8-2)4-3-5-9-6;1-2/h3-5,8H,1-2H3;1-2H3. The van der Waals surface area contributed by atoms with Gasteiger partial charge < -0.3 is 0 Å². The molecular formula is C9H16N2S. The second-order valence-electron chi connectivity index (χ2n) is 1.89. The Morgan fingerprint density at radius 1 is 1.42 bits per heavy atom. The van der Waals surface area contributed by atoms with Crippen LogP contribution in [0.2, 0.25) is 0 Å². The maximum Gasteiger partial charge on any atom is 0.0521 e. The molecule has 0 bridgehead atoms.